The number of carbonyl (C=O) groups excluding carboxylic acids is 2. The second-order valence-corrected chi connectivity index (χ2v) is 5.43. The van der Waals surface area contributed by atoms with E-state index in [4.69, 9.17) is 10.5 Å². The standard InChI is InChI=1S/C18H18N4O3.HI/c1-25-13-6-4-5-12(11-13)21-18(19)20-9-10-22-16(23)14-7-2-3-8-15(14)17(22)24;/h2-8,11H,9-10H2,1H3,(H3,19,20,21);1H. The van der Waals surface area contributed by atoms with Crippen LogP contribution in [0.2, 0.25) is 0 Å². The van der Waals surface area contributed by atoms with Crippen molar-refractivity contribution in [1.29, 1.82) is 0 Å². The molecule has 3 rings (SSSR count). The SMILES string of the molecule is COc1cccc(NC(N)=NCCN2C(=O)c3ccccc3C2=O)c1.I. The Balaban J connectivity index is 0.00000243. The van der Waals surface area contributed by atoms with Gasteiger partial charge in [0.15, 0.2) is 5.96 Å². The Morgan fingerprint density at radius 2 is 1.77 bits per heavy atom. The summed E-state index contributed by atoms with van der Waals surface area (Å²) < 4.78 is 5.14. The third-order valence-electron chi connectivity index (χ3n) is 3.83. The Morgan fingerprint density at radius 3 is 2.38 bits per heavy atom. The van der Waals surface area contributed by atoms with Gasteiger partial charge in [-0.2, -0.15) is 0 Å². The van der Waals surface area contributed by atoms with Crippen LogP contribution in [-0.4, -0.2) is 42.9 Å². The van der Waals surface area contributed by atoms with E-state index >= 15 is 0 Å². The molecule has 136 valence electrons. The minimum Gasteiger partial charge on any atom is -0.497 e. The minimum absolute atomic E-state index is 0. The second-order valence-electron chi connectivity index (χ2n) is 5.43. The van der Waals surface area contributed by atoms with Crippen LogP contribution >= 0.6 is 24.0 Å². The number of ether oxygens (including phenoxy) is 1. The topological polar surface area (TPSA) is 97.0 Å². The van der Waals surface area contributed by atoms with Crippen molar-refractivity contribution in [2.75, 3.05) is 25.5 Å². The molecule has 1 aliphatic rings. The van der Waals surface area contributed by atoms with Crippen LogP contribution in [0.15, 0.2) is 53.5 Å². The number of carbonyl (C=O) groups is 2. The Bertz CT molecular complexity index is 819. The lowest BCUT2D eigenvalue weighted by molar-refractivity contribution is 0.0659. The molecule has 0 aromatic heterocycles. The normalized spacial score (nSPS) is 13.3. The quantitative estimate of drug-likeness (QED) is 0.305. The molecule has 8 heteroatoms. The number of nitrogens with zero attached hydrogens (tertiary/aromatic N) is 2. The molecular formula is C18H19IN4O3. The average molecular weight is 466 g/mol. The molecule has 3 N–H and O–H groups in total. The third kappa shape index (κ3) is 4.13. The number of guanidine groups is 1. The number of benzene rings is 2. The zero-order valence-electron chi connectivity index (χ0n) is 14.1. The van der Waals surface area contributed by atoms with Crippen LogP contribution in [0.1, 0.15) is 20.7 Å². The lowest BCUT2D eigenvalue weighted by Crippen LogP contribution is -2.33. The zero-order chi connectivity index (χ0) is 17.8. The van der Waals surface area contributed by atoms with Gasteiger partial charge in [-0.05, 0) is 24.3 Å². The number of rotatable bonds is 5. The number of amides is 2. The lowest BCUT2D eigenvalue weighted by atomic mass is 10.1. The summed E-state index contributed by atoms with van der Waals surface area (Å²) in [7, 11) is 1.58. The van der Waals surface area contributed by atoms with Crippen molar-refractivity contribution < 1.29 is 14.3 Å². The van der Waals surface area contributed by atoms with E-state index in [0.29, 0.717) is 16.9 Å². The number of hydrogen-bond acceptors (Lipinski definition) is 4. The summed E-state index contributed by atoms with van der Waals surface area (Å²) in [4.78, 5) is 29.8. The van der Waals surface area contributed by atoms with E-state index in [1.165, 1.54) is 4.90 Å². The monoisotopic (exact) mass is 466 g/mol. The molecule has 2 amide bonds. The Hall–Kier alpha value is -2.62. The predicted molar refractivity (Wildman–Crippen MR) is 110 cm³/mol. The molecule has 1 aliphatic heterocycles. The number of aliphatic imine (C=N–C) groups is 1. The molecule has 0 aliphatic carbocycles. The van der Waals surface area contributed by atoms with Crippen LogP contribution in [0.5, 0.6) is 5.75 Å². The van der Waals surface area contributed by atoms with E-state index in [2.05, 4.69) is 10.3 Å². The predicted octanol–water partition coefficient (Wildman–Crippen LogP) is 2.34. The van der Waals surface area contributed by atoms with Crippen LogP contribution in [-0.2, 0) is 0 Å². The summed E-state index contributed by atoms with van der Waals surface area (Å²) in [5.74, 6) is 0.305. The van der Waals surface area contributed by atoms with Crippen LogP contribution in [0.4, 0.5) is 5.69 Å². The van der Waals surface area contributed by atoms with Gasteiger partial charge in [-0.1, -0.05) is 18.2 Å². The highest BCUT2D eigenvalue weighted by Crippen LogP contribution is 2.22. The first-order chi connectivity index (χ1) is 12.1. The maximum Gasteiger partial charge on any atom is 0.261 e. The van der Waals surface area contributed by atoms with Crippen LogP contribution in [0.3, 0.4) is 0 Å². The molecule has 7 nitrogen and oxygen atoms in total. The van der Waals surface area contributed by atoms with E-state index in [9.17, 15) is 9.59 Å². The fraction of sp³-hybridized carbons (Fsp3) is 0.167. The Labute approximate surface area is 168 Å². The fourth-order valence-electron chi connectivity index (χ4n) is 2.60. The number of hydrogen-bond donors (Lipinski definition) is 2. The summed E-state index contributed by atoms with van der Waals surface area (Å²) in [5, 5.41) is 2.94. The molecule has 0 fully saturated rings. The van der Waals surface area contributed by atoms with Crippen molar-refractivity contribution in [2.24, 2.45) is 10.7 Å². The molecule has 0 saturated heterocycles. The van der Waals surface area contributed by atoms with Crippen molar-refractivity contribution >= 4 is 47.4 Å². The molecule has 0 atom stereocenters. The highest BCUT2D eigenvalue weighted by atomic mass is 127. The van der Waals surface area contributed by atoms with Gasteiger partial charge < -0.3 is 15.8 Å². The number of imide groups is 1. The van der Waals surface area contributed by atoms with Crippen LogP contribution < -0.4 is 15.8 Å². The smallest absolute Gasteiger partial charge is 0.261 e. The molecule has 0 unspecified atom stereocenters. The van der Waals surface area contributed by atoms with Crippen molar-refractivity contribution in [2.45, 2.75) is 0 Å². The largest absolute Gasteiger partial charge is 0.497 e. The third-order valence-corrected chi connectivity index (χ3v) is 3.83. The summed E-state index contributed by atoms with van der Waals surface area (Å²) >= 11 is 0. The van der Waals surface area contributed by atoms with Crippen molar-refractivity contribution in [1.82, 2.24) is 4.90 Å². The van der Waals surface area contributed by atoms with E-state index in [1.807, 2.05) is 18.2 Å². The molecule has 26 heavy (non-hydrogen) atoms. The molecule has 2 aromatic rings. The van der Waals surface area contributed by atoms with E-state index in [0.717, 1.165) is 5.69 Å². The fourth-order valence-corrected chi connectivity index (χ4v) is 2.60. The summed E-state index contributed by atoms with van der Waals surface area (Å²) in [6.07, 6.45) is 0. The number of halogens is 1. The van der Waals surface area contributed by atoms with Crippen molar-refractivity contribution in [3.05, 3.63) is 59.7 Å². The maximum absolute atomic E-state index is 12.2. The first-order valence-corrected chi connectivity index (χ1v) is 7.76. The summed E-state index contributed by atoms with van der Waals surface area (Å²) in [6.45, 7) is 0.390. The van der Waals surface area contributed by atoms with E-state index < -0.39 is 0 Å². The van der Waals surface area contributed by atoms with Gasteiger partial charge in [0, 0.05) is 18.3 Å². The number of anilines is 1. The van der Waals surface area contributed by atoms with Gasteiger partial charge in [0.1, 0.15) is 5.75 Å². The average Bonchev–Trinajstić information content (AvgIpc) is 2.87. The van der Waals surface area contributed by atoms with Gasteiger partial charge >= 0.3 is 0 Å². The van der Waals surface area contributed by atoms with Gasteiger partial charge in [-0.25, -0.2) is 0 Å². The summed E-state index contributed by atoms with van der Waals surface area (Å²) in [5.41, 5.74) is 7.44. The van der Waals surface area contributed by atoms with Crippen molar-refractivity contribution in [3.8, 4) is 5.75 Å². The molecule has 2 aromatic carbocycles. The van der Waals surface area contributed by atoms with Crippen LogP contribution in [0.25, 0.3) is 0 Å². The van der Waals surface area contributed by atoms with Gasteiger partial charge in [0.05, 0.1) is 24.8 Å². The molecular weight excluding hydrogens is 447 g/mol. The van der Waals surface area contributed by atoms with Gasteiger partial charge in [-0.3, -0.25) is 19.5 Å². The highest BCUT2D eigenvalue weighted by molar-refractivity contribution is 14.0. The number of methoxy groups -OCH3 is 1. The molecule has 1 heterocycles. The lowest BCUT2D eigenvalue weighted by Gasteiger charge is -2.12. The highest BCUT2D eigenvalue weighted by Gasteiger charge is 2.34. The van der Waals surface area contributed by atoms with Gasteiger partial charge in [0.25, 0.3) is 11.8 Å². The zero-order valence-corrected chi connectivity index (χ0v) is 16.5. The Kier molecular flexibility index (Phi) is 6.56. The maximum atomic E-state index is 12.2. The summed E-state index contributed by atoms with van der Waals surface area (Å²) in [6, 6.07) is 14.0. The molecule has 0 bridgehead atoms. The number of fused-ring (bicyclic) bond motifs is 1. The first-order valence-electron chi connectivity index (χ1n) is 7.76. The number of nitrogens with one attached hydrogen (secondary N) is 1. The van der Waals surface area contributed by atoms with Crippen LogP contribution in [0, 0.1) is 0 Å². The number of nitrogens with two attached hydrogens (primary N) is 1. The van der Waals surface area contributed by atoms with Gasteiger partial charge in [-0.15, -0.1) is 24.0 Å². The van der Waals surface area contributed by atoms with Crippen molar-refractivity contribution in [3.63, 3.8) is 0 Å². The second kappa shape index (κ2) is 8.65. The molecule has 0 spiro atoms. The first kappa shape index (κ1) is 19.7. The minimum atomic E-state index is -0.296. The van der Waals surface area contributed by atoms with E-state index in [1.54, 1.807) is 37.4 Å². The van der Waals surface area contributed by atoms with E-state index in [-0.39, 0.29) is 54.8 Å². The Morgan fingerprint density at radius 1 is 1.12 bits per heavy atom. The molecule has 0 radical (unpaired) electrons. The molecule has 0 saturated carbocycles. The van der Waals surface area contributed by atoms with Gasteiger partial charge in [0.2, 0.25) is 0 Å².